The van der Waals surface area contributed by atoms with E-state index in [-0.39, 0.29) is 17.3 Å². The van der Waals surface area contributed by atoms with E-state index in [9.17, 15) is 14.9 Å². The van der Waals surface area contributed by atoms with Crippen molar-refractivity contribution in [1.82, 2.24) is 0 Å². The quantitative estimate of drug-likeness (QED) is 0.0235. The van der Waals surface area contributed by atoms with Crippen molar-refractivity contribution in [3.8, 4) is 27.0 Å². The van der Waals surface area contributed by atoms with Gasteiger partial charge in [-0.25, -0.2) is 15.0 Å². The number of fused-ring (bicyclic) bond motifs is 12. The highest BCUT2D eigenvalue weighted by atomic mass is 32.1. The summed E-state index contributed by atoms with van der Waals surface area (Å²) in [6, 6.07) is 65.9. The van der Waals surface area contributed by atoms with E-state index in [1.165, 1.54) is 174 Å². The SMILES string of the molecule is [C-]#[N+]C(C)=C1/C(=C/c2cc3sc4c(c3s2)C(c2ccc(CCCCCC)cc2)(c2ccc(CCCCCC)cc2)c2cc3c(cc2-4)C(c2ccc(CCCCCC)cc2)(c2ccc(CCCCCC)cc2)c2c-3sc3cc(/C=C4\C(=O)c5ccccc5\C4=C(\C#N)[N+]#[C-])sc23)C(=O)c2ccccc21. The van der Waals surface area contributed by atoms with Crippen LogP contribution in [0.3, 0.4) is 0 Å². The summed E-state index contributed by atoms with van der Waals surface area (Å²) in [4.78, 5) is 41.3. The first kappa shape index (κ1) is 69.4. The molecule has 11 aromatic rings. The zero-order chi connectivity index (χ0) is 70.9. The lowest BCUT2D eigenvalue weighted by atomic mass is 9.65. The Morgan fingerprint density at radius 3 is 1.09 bits per heavy atom. The summed E-state index contributed by atoms with van der Waals surface area (Å²) in [6.07, 6.45) is 27.2. The topological polar surface area (TPSA) is 66.7 Å². The Hall–Kier alpha value is -9.37. The molecule has 0 radical (unpaired) electrons. The number of aryl methyl sites for hydroxylation is 4. The monoisotopic (exact) mass is 1420 g/mol. The number of Topliss-reactive ketones (excluding diaryl/α,β-unsaturated/α-hetero) is 2. The third-order valence-corrected chi connectivity index (χ3v) is 27.1. The summed E-state index contributed by atoms with van der Waals surface area (Å²) in [5.74, 6) is -0.221. The zero-order valence-corrected chi connectivity index (χ0v) is 63.0. The molecule has 0 spiro atoms. The molecule has 0 bridgehead atoms. The molecule has 7 aromatic carbocycles. The smallest absolute Gasteiger partial charge is 0.270 e. The number of hydrogen-bond donors (Lipinski definition) is 0. The molecule has 9 heteroatoms. The van der Waals surface area contributed by atoms with Gasteiger partial charge in [-0.1, -0.05) is 250 Å². The van der Waals surface area contributed by atoms with E-state index < -0.39 is 10.8 Å². The van der Waals surface area contributed by atoms with Crippen molar-refractivity contribution >= 4 is 99.0 Å². The van der Waals surface area contributed by atoms with Crippen LogP contribution < -0.4 is 0 Å². The Labute approximate surface area is 624 Å². The van der Waals surface area contributed by atoms with E-state index in [0.717, 1.165) is 81.7 Å². The lowest BCUT2D eigenvalue weighted by Gasteiger charge is -2.36. The molecule has 4 aliphatic rings. The molecule has 5 nitrogen and oxygen atoms in total. The maximum atomic E-state index is 14.7. The van der Waals surface area contributed by atoms with Crippen LogP contribution in [-0.4, -0.2) is 11.6 Å². The molecule has 512 valence electrons. The Bertz CT molecular complexity index is 5270. The molecule has 0 saturated carbocycles. The number of allylic oxidation sites excluding steroid dienone is 6. The number of benzene rings is 7. The Kier molecular flexibility index (Phi) is 20.0. The Balaban J connectivity index is 1.01. The summed E-state index contributed by atoms with van der Waals surface area (Å²) in [5, 5.41) is 10.5. The molecular weight excluding hydrogens is 1330 g/mol. The highest BCUT2D eigenvalue weighted by molar-refractivity contribution is 7.31. The maximum Gasteiger partial charge on any atom is 0.270 e. The number of carbonyl (C=O) groups is 2. The number of unbranched alkanes of at least 4 members (excludes halogenated alkanes) is 12. The van der Waals surface area contributed by atoms with E-state index in [1.54, 1.807) is 28.7 Å². The van der Waals surface area contributed by atoms with Crippen LogP contribution in [0.4, 0.5) is 0 Å². The molecule has 0 amide bonds. The van der Waals surface area contributed by atoms with Gasteiger partial charge in [-0.05, 0) is 178 Å². The molecule has 103 heavy (non-hydrogen) atoms. The molecule has 4 aromatic heterocycles. The van der Waals surface area contributed by atoms with Crippen molar-refractivity contribution in [1.29, 1.82) is 5.26 Å². The Morgan fingerprint density at radius 1 is 0.417 bits per heavy atom. The van der Waals surface area contributed by atoms with Gasteiger partial charge in [0.1, 0.15) is 0 Å². The van der Waals surface area contributed by atoms with Gasteiger partial charge < -0.3 is 0 Å². The molecule has 4 aliphatic carbocycles. The third-order valence-electron chi connectivity index (χ3n) is 22.3. The number of hydrogen-bond acceptors (Lipinski definition) is 7. The minimum Gasteiger partial charge on any atom is -0.289 e. The van der Waals surface area contributed by atoms with Crippen LogP contribution in [0.15, 0.2) is 192 Å². The summed E-state index contributed by atoms with van der Waals surface area (Å²) >= 11 is 7.20. The lowest BCUT2D eigenvalue weighted by Crippen LogP contribution is -2.30. The highest BCUT2D eigenvalue weighted by Crippen LogP contribution is 2.68. The van der Waals surface area contributed by atoms with Gasteiger partial charge in [0, 0.05) is 67.9 Å². The van der Waals surface area contributed by atoms with Crippen LogP contribution >= 0.6 is 45.3 Å². The Morgan fingerprint density at radius 2 is 0.757 bits per heavy atom. The minimum atomic E-state index is -0.810. The first-order valence-corrected chi connectivity index (χ1v) is 40.8. The van der Waals surface area contributed by atoms with Gasteiger partial charge in [0.05, 0.1) is 39.4 Å². The fraction of sp³-hybridized carbons (Fsp3) is 0.287. The second kappa shape index (κ2) is 29.8. The van der Waals surface area contributed by atoms with Crippen LogP contribution in [0.5, 0.6) is 0 Å². The predicted octanol–water partition coefficient (Wildman–Crippen LogP) is 26.8. The minimum absolute atomic E-state index is 0.0452. The second-order valence-corrected chi connectivity index (χ2v) is 32.9. The maximum absolute atomic E-state index is 14.7. The van der Waals surface area contributed by atoms with Crippen LogP contribution in [-0.2, 0) is 36.5 Å². The first-order valence-electron chi connectivity index (χ1n) is 37.6. The van der Waals surface area contributed by atoms with Gasteiger partial charge >= 0.3 is 0 Å². The summed E-state index contributed by atoms with van der Waals surface area (Å²) in [5.41, 5.74) is 21.2. The summed E-state index contributed by atoms with van der Waals surface area (Å²) in [7, 11) is 0. The van der Waals surface area contributed by atoms with E-state index >= 15 is 0 Å². The van der Waals surface area contributed by atoms with Gasteiger partial charge in [0.25, 0.3) is 5.70 Å². The van der Waals surface area contributed by atoms with Gasteiger partial charge in [-0.15, -0.1) is 45.3 Å². The highest BCUT2D eigenvalue weighted by Gasteiger charge is 2.54. The molecule has 0 atom stereocenters. The standard InChI is InChI=1S/C94H85N3O2S4/c1-8-12-16-20-28-60-36-44-64(45-37-60)93(65-46-38-61(39-47-65)29-21-17-13-9-2)78-57-75-79(56-74(78)89-85(93)91-81(102-89)54-68(100-91)52-76-83(59(5)96-6)70-32-24-26-34-72(70)87(76)98)94(66-48-40-62(41-49-66)30-22-18-14-10-3,67-50-42-63(43-51-67)31-23-19-15-11-4)86-90(75)103-82-55-69(101-92(82)86)53-77-84(80(58-95)97-7)71-33-25-27-35-73(71)88(77)99/h24-27,32-57H,8-23,28-31H2,1-5H3/b76-52-,77-53-,83-59?,84-80+. The predicted molar refractivity (Wildman–Crippen MR) is 435 cm³/mol. The van der Waals surface area contributed by atoms with Gasteiger partial charge in [0.15, 0.2) is 17.3 Å². The lowest BCUT2D eigenvalue weighted by molar-refractivity contribution is 0.103. The van der Waals surface area contributed by atoms with Crippen molar-refractivity contribution in [3.63, 3.8) is 0 Å². The summed E-state index contributed by atoms with van der Waals surface area (Å²) in [6.45, 7) is 27.3. The molecule has 15 rings (SSSR count). The second-order valence-electron chi connectivity index (χ2n) is 28.7. The average Bonchev–Trinajstić information content (AvgIpc) is 1.50. The molecule has 0 unspecified atom stereocenters. The van der Waals surface area contributed by atoms with E-state index in [4.69, 9.17) is 13.1 Å². The van der Waals surface area contributed by atoms with Gasteiger partial charge in [-0.2, -0.15) is 0 Å². The van der Waals surface area contributed by atoms with Crippen molar-refractivity contribution in [2.24, 2.45) is 0 Å². The van der Waals surface area contributed by atoms with Crippen LogP contribution in [0.25, 0.3) is 72.7 Å². The molecule has 0 fully saturated rings. The van der Waals surface area contributed by atoms with Crippen molar-refractivity contribution in [2.75, 3.05) is 0 Å². The van der Waals surface area contributed by atoms with Crippen LogP contribution in [0.2, 0.25) is 0 Å². The number of thiophene rings is 4. The number of nitrogens with zero attached hydrogens (tertiary/aromatic N) is 3. The van der Waals surface area contributed by atoms with Crippen molar-refractivity contribution in [2.45, 2.75) is 174 Å². The van der Waals surface area contributed by atoms with Crippen molar-refractivity contribution < 1.29 is 9.59 Å². The van der Waals surface area contributed by atoms with Crippen LogP contribution in [0.1, 0.15) is 246 Å². The number of rotatable bonds is 26. The fourth-order valence-electron chi connectivity index (χ4n) is 17.1. The van der Waals surface area contributed by atoms with E-state index in [1.807, 2.05) is 78.1 Å². The molecule has 4 heterocycles. The van der Waals surface area contributed by atoms with Crippen LogP contribution in [0, 0.1) is 24.5 Å². The van der Waals surface area contributed by atoms with E-state index in [2.05, 4.69) is 171 Å². The number of nitriles is 1. The molecule has 0 aliphatic heterocycles. The third kappa shape index (κ3) is 12.1. The zero-order valence-electron chi connectivity index (χ0n) is 59.8. The molecule has 0 N–H and O–H groups in total. The van der Waals surface area contributed by atoms with Gasteiger partial charge in [-0.3, -0.25) is 9.59 Å². The fourth-order valence-corrected chi connectivity index (χ4v) is 22.6. The van der Waals surface area contributed by atoms with Crippen molar-refractivity contribution in [3.05, 3.63) is 314 Å². The summed E-state index contributed by atoms with van der Waals surface area (Å²) < 4.78 is 4.67. The number of carbonyl (C=O) groups excluding carboxylic acids is 2. The largest absolute Gasteiger partial charge is 0.289 e. The number of ketones is 2. The first-order chi connectivity index (χ1) is 50.5. The molecule has 0 saturated heterocycles. The normalized spacial score (nSPS) is 16.1. The van der Waals surface area contributed by atoms with E-state index in [0.29, 0.717) is 39.1 Å². The molecular formula is C94H85N3O2S4. The average molecular weight is 1420 g/mol. The van der Waals surface area contributed by atoms with Gasteiger partial charge in [0.2, 0.25) is 0 Å².